The van der Waals surface area contributed by atoms with E-state index in [0.717, 1.165) is 83.1 Å². The summed E-state index contributed by atoms with van der Waals surface area (Å²) in [6.45, 7) is 6.16. The lowest BCUT2D eigenvalue weighted by atomic mass is 9.92. The van der Waals surface area contributed by atoms with Crippen molar-refractivity contribution in [1.29, 1.82) is 0 Å². The quantitative estimate of drug-likeness (QED) is 0.0522. The Morgan fingerprint density at radius 1 is 1.02 bits per heavy atom. The van der Waals surface area contributed by atoms with Crippen molar-refractivity contribution < 1.29 is 37.4 Å². The third kappa shape index (κ3) is 18.5. The van der Waals surface area contributed by atoms with E-state index in [2.05, 4.69) is 28.0 Å². The van der Waals surface area contributed by atoms with Crippen LogP contribution in [0.25, 0.3) is 0 Å². The van der Waals surface area contributed by atoms with Crippen LogP contribution in [0.4, 0.5) is 13.2 Å². The molecule has 3 rings (SSSR count). The lowest BCUT2D eigenvalue weighted by Gasteiger charge is -2.31. The van der Waals surface area contributed by atoms with E-state index in [1.165, 1.54) is 31.7 Å². The van der Waals surface area contributed by atoms with Crippen LogP contribution in [0.1, 0.15) is 96.0 Å². The minimum Gasteiger partial charge on any atom is -0.493 e. The maximum absolute atomic E-state index is 12.5. The molecule has 1 saturated heterocycles. The van der Waals surface area contributed by atoms with E-state index in [4.69, 9.17) is 9.47 Å². The zero-order valence-corrected chi connectivity index (χ0v) is 26.7. The number of unbranched alkanes of at least 4 members (excludes halogenated alkanes) is 1. The van der Waals surface area contributed by atoms with Gasteiger partial charge in [-0.2, -0.15) is 13.2 Å². The molecule has 0 aromatic heterocycles. The molecule has 0 spiro atoms. The number of halogens is 3. The van der Waals surface area contributed by atoms with Gasteiger partial charge in [0, 0.05) is 13.0 Å². The first-order valence-electron chi connectivity index (χ1n) is 16.4. The number of rotatable bonds is 18. The van der Waals surface area contributed by atoms with Crippen molar-refractivity contribution in [3.05, 3.63) is 64.2 Å². The molecule has 1 aromatic carbocycles. The molecule has 8 nitrogen and oxygen atoms in total. The van der Waals surface area contributed by atoms with E-state index in [9.17, 15) is 28.1 Å². The van der Waals surface area contributed by atoms with Gasteiger partial charge < -0.3 is 19.2 Å². The fraction of sp³-hybridized carbons (Fsp3) is 0.676. The number of benzene rings is 1. The number of piperidine rings is 1. The molecule has 0 unspecified atom stereocenters. The molecule has 0 radical (unpaired) electrons. The van der Waals surface area contributed by atoms with Crippen LogP contribution in [-0.2, 0) is 20.5 Å². The van der Waals surface area contributed by atoms with E-state index in [0.29, 0.717) is 31.5 Å². The van der Waals surface area contributed by atoms with Gasteiger partial charge in [-0.25, -0.2) is 0 Å². The summed E-state index contributed by atoms with van der Waals surface area (Å²) in [5.74, 6) is 1.50. The molecule has 0 atom stereocenters. The van der Waals surface area contributed by atoms with Gasteiger partial charge in [-0.1, -0.05) is 43.2 Å². The lowest BCUT2D eigenvalue weighted by molar-refractivity contribution is -0.757. The van der Waals surface area contributed by atoms with E-state index >= 15 is 0 Å². The van der Waals surface area contributed by atoms with Gasteiger partial charge in [-0.15, -0.1) is 10.1 Å². The van der Waals surface area contributed by atoms with Crippen molar-refractivity contribution >= 4 is 5.97 Å². The van der Waals surface area contributed by atoms with Crippen molar-refractivity contribution in [3.8, 4) is 5.75 Å². The van der Waals surface area contributed by atoms with Gasteiger partial charge in [0.15, 0.2) is 0 Å². The molecule has 0 bridgehead atoms. The predicted molar refractivity (Wildman–Crippen MR) is 168 cm³/mol. The molecule has 0 N–H and O–H groups in total. The van der Waals surface area contributed by atoms with Crippen molar-refractivity contribution in [3.63, 3.8) is 0 Å². The first kappa shape index (κ1) is 38.1. The highest BCUT2D eigenvalue weighted by Gasteiger charge is 2.30. The summed E-state index contributed by atoms with van der Waals surface area (Å²) in [7, 11) is 0. The number of carbonyl (C=O) groups is 1. The zero-order chi connectivity index (χ0) is 32.8. The second-order valence-electron chi connectivity index (χ2n) is 11.7. The highest BCUT2D eigenvalue weighted by Crippen LogP contribution is 2.31. The van der Waals surface area contributed by atoms with E-state index in [1.54, 1.807) is 6.07 Å². The third-order valence-corrected chi connectivity index (χ3v) is 8.05. The molecular formula is C34H51F3N2O6. The molecule has 1 aromatic rings. The van der Waals surface area contributed by atoms with Crippen LogP contribution in [0.3, 0.4) is 0 Å². The normalized spacial score (nSPS) is 16.5. The van der Waals surface area contributed by atoms with E-state index in [1.807, 2.05) is 13.0 Å². The largest absolute Gasteiger partial charge is 0.493 e. The van der Waals surface area contributed by atoms with Gasteiger partial charge in [0.25, 0.3) is 5.09 Å². The number of nitrogens with zero attached hydrogens (tertiary/aromatic N) is 2. The number of ether oxygens (including phenoxy) is 2. The maximum Gasteiger partial charge on any atom is 0.416 e. The van der Waals surface area contributed by atoms with Crippen LogP contribution in [0, 0.1) is 22.0 Å². The molecule has 2 fully saturated rings. The number of alkyl halides is 3. The predicted octanol–water partition coefficient (Wildman–Crippen LogP) is 8.59. The topological polar surface area (TPSA) is 91.1 Å². The van der Waals surface area contributed by atoms with Crippen LogP contribution in [-0.4, -0.2) is 55.4 Å². The summed E-state index contributed by atoms with van der Waals surface area (Å²) in [6.07, 6.45) is 17.0. The van der Waals surface area contributed by atoms with E-state index in [-0.39, 0.29) is 18.3 Å². The molecule has 0 amide bonds. The molecular weight excluding hydrogens is 589 g/mol. The van der Waals surface area contributed by atoms with Crippen LogP contribution in [0.5, 0.6) is 5.75 Å². The van der Waals surface area contributed by atoms with Crippen molar-refractivity contribution in [2.75, 3.05) is 39.5 Å². The van der Waals surface area contributed by atoms with Crippen LogP contribution in [0.15, 0.2) is 48.6 Å². The number of carbonyl (C=O) groups excluding carboxylic acids is 1. The fourth-order valence-electron chi connectivity index (χ4n) is 5.53. The van der Waals surface area contributed by atoms with Crippen LogP contribution >= 0.6 is 0 Å². The van der Waals surface area contributed by atoms with Gasteiger partial charge in [0.1, 0.15) is 5.75 Å². The molecule has 1 aliphatic heterocycles. The number of allylic oxidation sites excluding steroid dienone is 3. The Hall–Kier alpha value is -3.08. The van der Waals surface area contributed by atoms with Gasteiger partial charge in [0.05, 0.1) is 25.4 Å². The summed E-state index contributed by atoms with van der Waals surface area (Å²) in [6, 6.07) is 5.01. The summed E-state index contributed by atoms with van der Waals surface area (Å²) in [5, 5.41) is 9.36. The minimum atomic E-state index is -4.32. The standard InChI is InChI=1S/C18H32N2O5.C16H19F3O/c1-2-3-4-5-9-18(21)24-15-7-12-19-13-10-17(11-14-19)8-6-16-25-20(22)23;17-16(18,19)14-9-5-10-15(12-14)20-11-4-3-8-13-6-1-2-7-13/h2-3,17H,4-16H2,1H3;3,5,8-10,12-13H,1-2,4,6-7,11H2/b3-2-;8-3+. The highest BCUT2D eigenvalue weighted by molar-refractivity contribution is 5.69. The summed E-state index contributed by atoms with van der Waals surface area (Å²) in [4.78, 5) is 28.4. The Morgan fingerprint density at radius 3 is 2.47 bits per heavy atom. The fourth-order valence-corrected chi connectivity index (χ4v) is 5.53. The molecule has 1 aliphatic carbocycles. The highest BCUT2D eigenvalue weighted by atomic mass is 19.4. The Morgan fingerprint density at radius 2 is 1.78 bits per heavy atom. The van der Waals surface area contributed by atoms with Gasteiger partial charge in [-0.05, 0) is 114 Å². The van der Waals surface area contributed by atoms with Gasteiger partial charge in [-0.3, -0.25) is 4.79 Å². The average molecular weight is 641 g/mol. The molecule has 45 heavy (non-hydrogen) atoms. The Balaban J connectivity index is 0.000000320. The molecule has 1 saturated carbocycles. The van der Waals surface area contributed by atoms with Crippen molar-refractivity contribution in [2.45, 2.75) is 96.6 Å². The molecule has 11 heteroatoms. The number of esters is 1. The molecule has 1 heterocycles. The number of hydrogen-bond acceptors (Lipinski definition) is 7. The zero-order valence-electron chi connectivity index (χ0n) is 26.7. The first-order valence-corrected chi connectivity index (χ1v) is 16.4. The van der Waals surface area contributed by atoms with E-state index < -0.39 is 16.8 Å². The molecule has 2 aliphatic rings. The second kappa shape index (κ2) is 22.4. The SMILES string of the molecule is C/C=C\CCCC(=O)OCCCN1CCC(CCCO[N+](=O)[O-])CC1.FC(F)(F)c1cccc(OCC/C=C/C2CCCC2)c1. The smallest absolute Gasteiger partial charge is 0.416 e. The Labute approximate surface area is 266 Å². The number of likely N-dealkylation sites (tertiary alicyclic amines) is 1. The number of hydrogen-bond donors (Lipinski definition) is 0. The van der Waals surface area contributed by atoms with Gasteiger partial charge >= 0.3 is 12.1 Å². The second-order valence-corrected chi connectivity index (χ2v) is 11.7. The van der Waals surface area contributed by atoms with Gasteiger partial charge in [0.2, 0.25) is 0 Å². The Kier molecular flexibility index (Phi) is 19.0. The summed E-state index contributed by atoms with van der Waals surface area (Å²) < 4.78 is 48.2. The monoisotopic (exact) mass is 640 g/mol. The maximum atomic E-state index is 12.5. The average Bonchev–Trinajstić information content (AvgIpc) is 3.54. The molecule has 254 valence electrons. The van der Waals surface area contributed by atoms with Crippen LogP contribution < -0.4 is 4.74 Å². The minimum absolute atomic E-state index is 0.0971. The third-order valence-electron chi connectivity index (χ3n) is 8.05. The lowest BCUT2D eigenvalue weighted by Crippen LogP contribution is -2.35. The van der Waals surface area contributed by atoms with Crippen LogP contribution in [0.2, 0.25) is 0 Å². The van der Waals surface area contributed by atoms with Crippen molar-refractivity contribution in [2.24, 2.45) is 11.8 Å². The first-order chi connectivity index (χ1) is 21.7. The Bertz CT molecular complexity index is 1020. The van der Waals surface area contributed by atoms with Crippen molar-refractivity contribution in [1.82, 2.24) is 4.90 Å². The summed E-state index contributed by atoms with van der Waals surface area (Å²) >= 11 is 0. The summed E-state index contributed by atoms with van der Waals surface area (Å²) in [5.41, 5.74) is -0.670.